The second kappa shape index (κ2) is 26.4. The number of carboxylic acids is 1. The Morgan fingerprint density at radius 1 is 0.541 bits per heavy atom. The molecule has 220 valence electrons. The van der Waals surface area contributed by atoms with Crippen LogP contribution in [0.3, 0.4) is 0 Å². The van der Waals surface area contributed by atoms with Gasteiger partial charge < -0.3 is 51.9 Å². The maximum Gasteiger partial charge on any atom is 0.331 e. The molecule has 0 saturated carbocycles. The summed E-state index contributed by atoms with van der Waals surface area (Å²) in [6.45, 7) is 10.9. The summed E-state index contributed by atoms with van der Waals surface area (Å²) in [5, 5.41) is 8.46. The van der Waals surface area contributed by atoms with Crippen LogP contribution in [-0.2, 0) is 56.3 Å². The molecule has 0 heterocycles. The molecule has 0 aliphatic rings. The lowest BCUT2D eigenvalue weighted by Gasteiger charge is -2.19. The van der Waals surface area contributed by atoms with Crippen molar-refractivity contribution in [3.63, 3.8) is 0 Å². The summed E-state index contributed by atoms with van der Waals surface area (Å²) in [6.07, 6.45) is -0.380. The van der Waals surface area contributed by atoms with Crippen molar-refractivity contribution in [1.29, 1.82) is 0 Å². The van der Waals surface area contributed by atoms with Crippen molar-refractivity contribution in [2.45, 2.75) is 25.9 Å². The SMILES string of the molecule is CO[Si](C)(C)OCCOCCOCCOCCOCCOCCOCCOCCOC(=O)CCC(=O)O. The van der Waals surface area contributed by atoms with E-state index in [0.717, 1.165) is 0 Å². The molecular formula is C23H46O13Si. The first-order valence-corrected chi connectivity index (χ1v) is 15.3. The van der Waals surface area contributed by atoms with Crippen LogP contribution >= 0.6 is 0 Å². The number of rotatable bonds is 29. The van der Waals surface area contributed by atoms with E-state index in [4.69, 9.17) is 51.9 Å². The number of hydrogen-bond donors (Lipinski definition) is 1. The van der Waals surface area contributed by atoms with Crippen LogP contribution in [0.1, 0.15) is 12.8 Å². The summed E-state index contributed by atoms with van der Waals surface area (Å²) in [4.78, 5) is 21.5. The van der Waals surface area contributed by atoms with Crippen LogP contribution in [0.5, 0.6) is 0 Å². The average Bonchev–Trinajstić information content (AvgIpc) is 2.87. The Morgan fingerprint density at radius 2 is 0.865 bits per heavy atom. The van der Waals surface area contributed by atoms with Gasteiger partial charge in [-0.15, -0.1) is 0 Å². The number of carboxylic acid groups (broad SMARTS) is 1. The highest BCUT2D eigenvalue weighted by molar-refractivity contribution is 6.64. The predicted octanol–water partition coefficient (Wildman–Crippen LogP) is 0.875. The fraction of sp³-hybridized carbons (Fsp3) is 0.913. The lowest BCUT2D eigenvalue weighted by Crippen LogP contribution is -2.34. The van der Waals surface area contributed by atoms with Crippen LogP contribution in [-0.4, -0.2) is 138 Å². The molecule has 37 heavy (non-hydrogen) atoms. The fourth-order valence-electron chi connectivity index (χ4n) is 2.32. The smallest absolute Gasteiger partial charge is 0.331 e. The second-order valence-corrected chi connectivity index (χ2v) is 11.3. The summed E-state index contributed by atoms with van der Waals surface area (Å²) in [5.74, 6) is -1.58. The Morgan fingerprint density at radius 3 is 1.19 bits per heavy atom. The third kappa shape index (κ3) is 29.2. The normalized spacial score (nSPS) is 11.6. The number of carbonyl (C=O) groups is 2. The van der Waals surface area contributed by atoms with Crippen molar-refractivity contribution in [1.82, 2.24) is 0 Å². The quantitative estimate of drug-likeness (QED) is 0.0787. The Balaban J connectivity index is 3.13. The molecule has 0 rings (SSSR count). The van der Waals surface area contributed by atoms with Gasteiger partial charge in [0.25, 0.3) is 0 Å². The summed E-state index contributed by atoms with van der Waals surface area (Å²) in [7, 11) is -0.314. The minimum absolute atomic E-state index is 0.0858. The molecule has 0 radical (unpaired) electrons. The van der Waals surface area contributed by atoms with Crippen LogP contribution in [0.4, 0.5) is 0 Å². The van der Waals surface area contributed by atoms with Gasteiger partial charge in [-0.05, 0) is 13.1 Å². The van der Waals surface area contributed by atoms with Crippen LogP contribution < -0.4 is 0 Å². The van der Waals surface area contributed by atoms with Crippen LogP contribution in [0.2, 0.25) is 13.1 Å². The standard InChI is InChI=1S/C23H46O13Si/c1-27-37(2,3)36-21-19-34-17-15-32-13-11-30-9-7-28-6-8-29-10-12-31-14-16-33-18-20-35-23(26)5-4-22(24)25/h4-21H2,1-3H3,(H,24,25). The monoisotopic (exact) mass is 558 g/mol. The summed E-state index contributed by atoms with van der Waals surface area (Å²) in [5.41, 5.74) is 0. The molecule has 0 aromatic carbocycles. The number of carbonyl (C=O) groups excluding carboxylic acids is 1. The van der Waals surface area contributed by atoms with Gasteiger partial charge in [-0.2, -0.15) is 0 Å². The molecule has 0 unspecified atom stereocenters. The summed E-state index contributed by atoms with van der Waals surface area (Å²) < 4.78 is 53.4. The van der Waals surface area contributed by atoms with E-state index in [1.165, 1.54) is 0 Å². The molecule has 0 aromatic rings. The van der Waals surface area contributed by atoms with E-state index >= 15 is 0 Å². The molecule has 1 N–H and O–H groups in total. The van der Waals surface area contributed by atoms with Gasteiger partial charge in [0.05, 0.1) is 112 Å². The van der Waals surface area contributed by atoms with Crippen molar-refractivity contribution in [2.75, 3.05) is 113 Å². The van der Waals surface area contributed by atoms with Crippen molar-refractivity contribution in [3.8, 4) is 0 Å². The van der Waals surface area contributed by atoms with Gasteiger partial charge in [0, 0.05) is 7.11 Å². The molecule has 0 fully saturated rings. The predicted molar refractivity (Wildman–Crippen MR) is 134 cm³/mol. The van der Waals surface area contributed by atoms with Gasteiger partial charge in [0.2, 0.25) is 0 Å². The number of aliphatic carboxylic acids is 1. The Bertz CT molecular complexity index is 537. The molecule has 0 bridgehead atoms. The molecule has 0 saturated heterocycles. The van der Waals surface area contributed by atoms with E-state index in [1.807, 2.05) is 13.1 Å². The molecule has 0 amide bonds. The Labute approximate surface area is 221 Å². The lowest BCUT2D eigenvalue weighted by atomic mass is 10.3. The second-order valence-electron chi connectivity index (χ2n) is 7.85. The van der Waals surface area contributed by atoms with Crippen molar-refractivity contribution in [3.05, 3.63) is 0 Å². The minimum atomic E-state index is -1.98. The van der Waals surface area contributed by atoms with Gasteiger partial charge in [0.15, 0.2) is 0 Å². The van der Waals surface area contributed by atoms with Crippen molar-refractivity contribution in [2.24, 2.45) is 0 Å². The molecule has 0 atom stereocenters. The summed E-state index contributed by atoms with van der Waals surface area (Å²) in [6, 6.07) is 0. The van der Waals surface area contributed by atoms with E-state index < -0.39 is 20.5 Å². The highest BCUT2D eigenvalue weighted by Crippen LogP contribution is 2.03. The van der Waals surface area contributed by atoms with E-state index in [1.54, 1.807) is 7.11 Å². The van der Waals surface area contributed by atoms with Crippen LogP contribution in [0, 0.1) is 0 Å². The number of ether oxygens (including phenoxy) is 8. The largest absolute Gasteiger partial charge is 0.481 e. The van der Waals surface area contributed by atoms with Gasteiger partial charge in [-0.25, -0.2) is 0 Å². The Hall–Kier alpha value is -1.20. The van der Waals surface area contributed by atoms with Gasteiger partial charge in [0.1, 0.15) is 6.61 Å². The van der Waals surface area contributed by atoms with Crippen LogP contribution in [0.15, 0.2) is 0 Å². The van der Waals surface area contributed by atoms with Crippen molar-refractivity contribution < 1.29 is 61.4 Å². The topological polar surface area (TPSA) is 147 Å². The third-order valence-corrected chi connectivity index (χ3v) is 6.32. The van der Waals surface area contributed by atoms with Gasteiger partial charge in [-0.3, -0.25) is 9.59 Å². The average molecular weight is 559 g/mol. The lowest BCUT2D eigenvalue weighted by molar-refractivity contribution is -0.149. The minimum Gasteiger partial charge on any atom is -0.481 e. The zero-order valence-corrected chi connectivity index (χ0v) is 23.6. The van der Waals surface area contributed by atoms with Gasteiger partial charge >= 0.3 is 20.5 Å². The van der Waals surface area contributed by atoms with E-state index in [9.17, 15) is 9.59 Å². The van der Waals surface area contributed by atoms with Gasteiger partial charge in [-0.1, -0.05) is 0 Å². The number of esters is 1. The molecule has 0 aromatic heterocycles. The molecule has 0 spiro atoms. The zero-order chi connectivity index (χ0) is 27.5. The maximum atomic E-state index is 11.2. The third-order valence-electron chi connectivity index (χ3n) is 4.43. The van der Waals surface area contributed by atoms with E-state index in [0.29, 0.717) is 92.5 Å². The number of hydrogen-bond acceptors (Lipinski definition) is 12. The first-order valence-electron chi connectivity index (χ1n) is 12.5. The highest BCUT2D eigenvalue weighted by atomic mass is 28.4. The first kappa shape index (κ1) is 35.8. The fourth-order valence-corrected chi connectivity index (χ4v) is 3.02. The Kier molecular flexibility index (Phi) is 25.5. The van der Waals surface area contributed by atoms with Crippen molar-refractivity contribution >= 4 is 20.5 Å². The molecule has 13 nitrogen and oxygen atoms in total. The highest BCUT2D eigenvalue weighted by Gasteiger charge is 2.21. The molecular weight excluding hydrogens is 512 g/mol. The maximum absolute atomic E-state index is 11.2. The summed E-state index contributed by atoms with van der Waals surface area (Å²) >= 11 is 0. The van der Waals surface area contributed by atoms with E-state index in [2.05, 4.69) is 0 Å². The molecule has 14 heteroatoms. The molecule has 0 aliphatic heterocycles. The van der Waals surface area contributed by atoms with Crippen LogP contribution in [0.25, 0.3) is 0 Å². The zero-order valence-electron chi connectivity index (χ0n) is 22.6. The van der Waals surface area contributed by atoms with E-state index in [-0.39, 0.29) is 26.1 Å². The molecule has 0 aliphatic carbocycles. The first-order chi connectivity index (χ1) is 17.9.